The molecule has 0 aromatic carbocycles. The summed E-state index contributed by atoms with van der Waals surface area (Å²) in [4.78, 5) is 16.0. The zero-order chi connectivity index (χ0) is 11.8. The van der Waals surface area contributed by atoms with E-state index >= 15 is 0 Å². The van der Waals surface area contributed by atoms with Crippen molar-refractivity contribution in [2.45, 2.75) is 13.1 Å². The lowest BCUT2D eigenvalue weighted by Gasteiger charge is -2.05. The van der Waals surface area contributed by atoms with Crippen LogP contribution in [-0.4, -0.2) is 31.0 Å². The van der Waals surface area contributed by atoms with Gasteiger partial charge in [-0.3, -0.25) is 4.79 Å². The SMILES string of the molecule is Cc1nc(N(C)C)sc1C(=O)C(F)(F)F. The summed E-state index contributed by atoms with van der Waals surface area (Å²) in [7, 11) is 3.31. The molecule has 0 N–H and O–H groups in total. The molecule has 0 unspecified atom stereocenters. The van der Waals surface area contributed by atoms with E-state index in [1.54, 1.807) is 19.0 Å². The molecule has 1 heterocycles. The molecule has 7 heteroatoms. The maximum atomic E-state index is 12.1. The average molecular weight is 238 g/mol. The number of nitrogens with zero attached hydrogens (tertiary/aromatic N) is 2. The zero-order valence-corrected chi connectivity index (χ0v) is 9.16. The second kappa shape index (κ2) is 3.80. The van der Waals surface area contributed by atoms with Gasteiger partial charge in [0.25, 0.3) is 5.78 Å². The highest BCUT2D eigenvalue weighted by molar-refractivity contribution is 7.17. The number of thiazole rings is 1. The van der Waals surface area contributed by atoms with E-state index in [4.69, 9.17) is 0 Å². The quantitative estimate of drug-likeness (QED) is 0.741. The first kappa shape index (κ1) is 12.0. The lowest BCUT2D eigenvalue weighted by atomic mass is 10.3. The Morgan fingerprint density at radius 3 is 2.27 bits per heavy atom. The van der Waals surface area contributed by atoms with Crippen molar-refractivity contribution in [3.63, 3.8) is 0 Å². The number of aromatic nitrogens is 1. The molecule has 0 amide bonds. The molecular formula is C8H9F3N2OS. The Hall–Kier alpha value is -1.11. The summed E-state index contributed by atoms with van der Waals surface area (Å²) in [6.07, 6.45) is -4.83. The van der Waals surface area contributed by atoms with Crippen LogP contribution in [0.4, 0.5) is 18.3 Å². The van der Waals surface area contributed by atoms with Crippen LogP contribution >= 0.6 is 11.3 Å². The minimum Gasteiger partial charge on any atom is -0.354 e. The third kappa shape index (κ3) is 2.47. The lowest BCUT2D eigenvalue weighted by Crippen LogP contribution is -2.22. The number of hydrogen-bond donors (Lipinski definition) is 0. The number of ketones is 1. The fourth-order valence-electron chi connectivity index (χ4n) is 0.913. The molecule has 0 saturated heterocycles. The van der Waals surface area contributed by atoms with Gasteiger partial charge in [-0.1, -0.05) is 11.3 Å². The predicted octanol–water partition coefficient (Wildman–Crippen LogP) is 2.26. The van der Waals surface area contributed by atoms with Crippen molar-refractivity contribution in [3.05, 3.63) is 10.6 Å². The number of anilines is 1. The Morgan fingerprint density at radius 2 is 1.93 bits per heavy atom. The number of Topliss-reactive ketones (excluding diaryl/α,β-unsaturated/α-hetero) is 1. The van der Waals surface area contributed by atoms with E-state index in [0.717, 1.165) is 11.3 Å². The Balaban J connectivity index is 3.11. The predicted molar refractivity (Wildman–Crippen MR) is 51.6 cm³/mol. The van der Waals surface area contributed by atoms with Gasteiger partial charge >= 0.3 is 6.18 Å². The smallest absolute Gasteiger partial charge is 0.354 e. The van der Waals surface area contributed by atoms with Crippen molar-refractivity contribution in [2.75, 3.05) is 19.0 Å². The summed E-state index contributed by atoms with van der Waals surface area (Å²) in [5.74, 6) is -1.83. The topological polar surface area (TPSA) is 33.2 Å². The van der Waals surface area contributed by atoms with Gasteiger partial charge in [-0.2, -0.15) is 13.2 Å². The second-order valence-electron chi connectivity index (χ2n) is 3.13. The maximum Gasteiger partial charge on any atom is 0.455 e. The van der Waals surface area contributed by atoms with Crippen LogP contribution in [-0.2, 0) is 0 Å². The first-order valence-electron chi connectivity index (χ1n) is 3.99. The minimum absolute atomic E-state index is 0.117. The maximum absolute atomic E-state index is 12.1. The summed E-state index contributed by atoms with van der Waals surface area (Å²) >= 11 is 0.748. The standard InChI is InChI=1S/C8H9F3N2OS/c1-4-5(6(14)8(9,10)11)15-7(12-4)13(2)3/h1-3H3. The number of alkyl halides is 3. The number of carbonyl (C=O) groups is 1. The Labute approximate surface area is 88.5 Å². The zero-order valence-electron chi connectivity index (χ0n) is 8.34. The first-order chi connectivity index (χ1) is 6.73. The van der Waals surface area contributed by atoms with Crippen molar-refractivity contribution in [2.24, 2.45) is 0 Å². The molecule has 0 spiro atoms. The van der Waals surface area contributed by atoms with Crippen LogP contribution in [0, 0.1) is 6.92 Å². The molecule has 0 atom stereocenters. The van der Waals surface area contributed by atoms with Crippen LogP contribution in [0.5, 0.6) is 0 Å². The molecule has 0 aliphatic heterocycles. The molecular weight excluding hydrogens is 229 g/mol. The fraction of sp³-hybridized carbons (Fsp3) is 0.500. The molecule has 0 bridgehead atoms. The van der Waals surface area contributed by atoms with E-state index < -0.39 is 12.0 Å². The monoisotopic (exact) mass is 238 g/mol. The fourth-order valence-corrected chi connectivity index (χ4v) is 1.86. The van der Waals surface area contributed by atoms with Gasteiger partial charge in [-0.05, 0) is 6.92 Å². The molecule has 0 aliphatic rings. The third-order valence-electron chi connectivity index (χ3n) is 1.63. The number of aryl methyl sites for hydroxylation is 1. The highest BCUT2D eigenvalue weighted by atomic mass is 32.1. The normalized spacial score (nSPS) is 11.6. The molecule has 0 saturated carbocycles. The van der Waals surface area contributed by atoms with E-state index in [1.165, 1.54) is 6.92 Å². The summed E-state index contributed by atoms with van der Waals surface area (Å²) in [5.41, 5.74) is 0.117. The van der Waals surface area contributed by atoms with Crippen molar-refractivity contribution in [1.29, 1.82) is 0 Å². The van der Waals surface area contributed by atoms with Gasteiger partial charge < -0.3 is 4.90 Å². The van der Waals surface area contributed by atoms with Gasteiger partial charge in [0.2, 0.25) is 0 Å². The summed E-state index contributed by atoms with van der Waals surface area (Å²) < 4.78 is 36.4. The van der Waals surface area contributed by atoms with Crippen molar-refractivity contribution in [1.82, 2.24) is 4.98 Å². The minimum atomic E-state index is -4.83. The molecule has 1 aromatic heterocycles. The number of hydrogen-bond acceptors (Lipinski definition) is 4. The molecule has 15 heavy (non-hydrogen) atoms. The molecule has 0 fully saturated rings. The molecule has 0 aliphatic carbocycles. The molecule has 3 nitrogen and oxygen atoms in total. The van der Waals surface area contributed by atoms with Crippen LogP contribution in [0.1, 0.15) is 15.4 Å². The summed E-state index contributed by atoms with van der Waals surface area (Å²) in [5, 5.41) is 0.389. The highest BCUT2D eigenvalue weighted by Gasteiger charge is 2.41. The van der Waals surface area contributed by atoms with Crippen LogP contribution in [0.2, 0.25) is 0 Å². The van der Waals surface area contributed by atoms with Gasteiger partial charge in [0.15, 0.2) is 5.13 Å². The Morgan fingerprint density at radius 1 is 1.40 bits per heavy atom. The van der Waals surface area contributed by atoms with Gasteiger partial charge in [-0.25, -0.2) is 4.98 Å². The van der Waals surface area contributed by atoms with Crippen LogP contribution < -0.4 is 4.90 Å². The van der Waals surface area contributed by atoms with E-state index in [0.29, 0.717) is 5.13 Å². The first-order valence-corrected chi connectivity index (χ1v) is 4.81. The van der Waals surface area contributed by atoms with E-state index in [2.05, 4.69) is 4.98 Å². The van der Waals surface area contributed by atoms with Crippen molar-refractivity contribution in [3.8, 4) is 0 Å². The lowest BCUT2D eigenvalue weighted by molar-refractivity contribution is -0.0883. The van der Waals surface area contributed by atoms with Gasteiger partial charge in [0.1, 0.15) is 4.88 Å². The second-order valence-corrected chi connectivity index (χ2v) is 4.11. The Bertz CT molecular complexity index is 384. The van der Waals surface area contributed by atoms with Gasteiger partial charge in [0.05, 0.1) is 5.69 Å². The average Bonchev–Trinajstić information content (AvgIpc) is 2.44. The molecule has 1 aromatic rings. The summed E-state index contributed by atoms with van der Waals surface area (Å²) in [6.45, 7) is 1.39. The van der Waals surface area contributed by atoms with Crippen LogP contribution in [0.15, 0.2) is 0 Å². The molecule has 84 valence electrons. The number of rotatable bonds is 2. The van der Waals surface area contributed by atoms with E-state index in [9.17, 15) is 18.0 Å². The van der Waals surface area contributed by atoms with E-state index in [1.807, 2.05) is 0 Å². The summed E-state index contributed by atoms with van der Waals surface area (Å²) in [6, 6.07) is 0. The third-order valence-corrected chi connectivity index (χ3v) is 2.96. The number of carbonyl (C=O) groups excluding carboxylic acids is 1. The molecule has 0 radical (unpaired) electrons. The van der Waals surface area contributed by atoms with Gasteiger partial charge in [0, 0.05) is 14.1 Å². The van der Waals surface area contributed by atoms with Crippen LogP contribution in [0.25, 0.3) is 0 Å². The van der Waals surface area contributed by atoms with Crippen molar-refractivity contribution >= 4 is 22.3 Å². The van der Waals surface area contributed by atoms with Crippen molar-refractivity contribution < 1.29 is 18.0 Å². The highest BCUT2D eigenvalue weighted by Crippen LogP contribution is 2.30. The number of halogens is 3. The molecule has 1 rings (SSSR count). The largest absolute Gasteiger partial charge is 0.455 e. The van der Waals surface area contributed by atoms with Gasteiger partial charge in [-0.15, -0.1) is 0 Å². The van der Waals surface area contributed by atoms with E-state index in [-0.39, 0.29) is 10.6 Å². The Kier molecular flexibility index (Phi) is 3.03. The van der Waals surface area contributed by atoms with Crippen LogP contribution in [0.3, 0.4) is 0 Å².